The highest BCUT2D eigenvalue weighted by Crippen LogP contribution is 2.39. The Morgan fingerprint density at radius 3 is 2.41 bits per heavy atom. The van der Waals surface area contributed by atoms with E-state index in [9.17, 15) is 0 Å². The van der Waals surface area contributed by atoms with Crippen molar-refractivity contribution in [1.82, 2.24) is 0 Å². The van der Waals surface area contributed by atoms with E-state index in [4.69, 9.17) is 0 Å². The molecule has 0 saturated carbocycles. The van der Waals surface area contributed by atoms with Crippen molar-refractivity contribution in [2.75, 3.05) is 11.4 Å². The normalized spacial score (nSPS) is 18.2. The van der Waals surface area contributed by atoms with Gasteiger partial charge in [-0.25, -0.2) is 0 Å². The van der Waals surface area contributed by atoms with Gasteiger partial charge in [-0.05, 0) is 37.1 Å². The Morgan fingerprint density at radius 1 is 0.941 bits per heavy atom. The van der Waals surface area contributed by atoms with E-state index in [1.807, 2.05) is 0 Å². The van der Waals surface area contributed by atoms with Gasteiger partial charge in [-0.15, -0.1) is 0 Å². The van der Waals surface area contributed by atoms with Crippen molar-refractivity contribution in [1.29, 1.82) is 0 Å². The third kappa shape index (κ3) is 2.05. The summed E-state index contributed by atoms with van der Waals surface area (Å²) in [5.41, 5.74) is 5.43. The van der Waals surface area contributed by atoms with E-state index in [0.717, 1.165) is 6.54 Å². The second-order valence-corrected chi connectivity index (χ2v) is 4.92. The molecular weight excluding hydrogens is 206 g/mol. The van der Waals surface area contributed by atoms with Gasteiger partial charge >= 0.3 is 0 Å². The van der Waals surface area contributed by atoms with Crippen LogP contribution in [-0.2, 0) is 0 Å². The molecule has 2 aromatic carbocycles. The average molecular weight is 223 g/mol. The lowest BCUT2D eigenvalue weighted by Gasteiger charge is -2.07. The molecule has 0 aromatic heterocycles. The SMILES string of the molecule is Cc1ccc([C@H]2CN2c2cccc(C)c2)cc1. The highest BCUT2D eigenvalue weighted by atomic mass is 15.3. The lowest BCUT2D eigenvalue weighted by Crippen LogP contribution is -1.94. The van der Waals surface area contributed by atoms with E-state index in [-0.39, 0.29) is 0 Å². The maximum absolute atomic E-state index is 2.44. The van der Waals surface area contributed by atoms with Gasteiger partial charge in [0.15, 0.2) is 0 Å². The van der Waals surface area contributed by atoms with Crippen molar-refractivity contribution < 1.29 is 0 Å². The Labute approximate surface area is 103 Å². The minimum Gasteiger partial charge on any atom is -0.360 e. The molecule has 17 heavy (non-hydrogen) atoms. The molecule has 1 atom stereocenters. The molecule has 0 amide bonds. The predicted molar refractivity (Wildman–Crippen MR) is 72.4 cm³/mol. The fourth-order valence-corrected chi connectivity index (χ4v) is 2.31. The standard InChI is InChI=1S/C16H17N/c1-12-6-8-14(9-7-12)16-11-17(16)15-5-3-4-13(2)10-15/h3-10,16H,11H2,1-2H3/t16-,17?/m1/s1. The smallest absolute Gasteiger partial charge is 0.0718 e. The third-order valence-corrected chi connectivity index (χ3v) is 3.41. The topological polar surface area (TPSA) is 3.01 Å². The van der Waals surface area contributed by atoms with Crippen molar-refractivity contribution in [2.45, 2.75) is 19.9 Å². The Bertz CT molecular complexity index is 527. The zero-order valence-corrected chi connectivity index (χ0v) is 10.4. The van der Waals surface area contributed by atoms with Crippen molar-refractivity contribution in [2.24, 2.45) is 0 Å². The first-order valence-electron chi connectivity index (χ1n) is 6.14. The van der Waals surface area contributed by atoms with Gasteiger partial charge in [0.05, 0.1) is 6.04 Å². The van der Waals surface area contributed by atoms with Gasteiger partial charge in [0, 0.05) is 12.2 Å². The molecule has 1 aliphatic heterocycles. The van der Waals surface area contributed by atoms with Gasteiger partial charge in [-0.3, -0.25) is 0 Å². The second kappa shape index (κ2) is 3.92. The summed E-state index contributed by atoms with van der Waals surface area (Å²) in [7, 11) is 0. The molecule has 1 fully saturated rings. The van der Waals surface area contributed by atoms with Crippen LogP contribution in [0.1, 0.15) is 22.7 Å². The Balaban J connectivity index is 1.80. The molecule has 0 spiro atoms. The van der Waals surface area contributed by atoms with Gasteiger partial charge < -0.3 is 4.90 Å². The molecule has 0 radical (unpaired) electrons. The van der Waals surface area contributed by atoms with Crippen LogP contribution in [0.15, 0.2) is 48.5 Å². The summed E-state index contributed by atoms with van der Waals surface area (Å²) < 4.78 is 0. The van der Waals surface area contributed by atoms with Crippen LogP contribution in [0.2, 0.25) is 0 Å². The number of rotatable bonds is 2. The van der Waals surface area contributed by atoms with Gasteiger partial charge in [0.25, 0.3) is 0 Å². The van der Waals surface area contributed by atoms with Crippen LogP contribution < -0.4 is 4.90 Å². The minimum absolute atomic E-state index is 0.581. The van der Waals surface area contributed by atoms with Crippen LogP contribution in [0, 0.1) is 13.8 Å². The molecule has 1 saturated heterocycles. The van der Waals surface area contributed by atoms with Crippen LogP contribution in [0.3, 0.4) is 0 Å². The first-order chi connectivity index (χ1) is 8.24. The third-order valence-electron chi connectivity index (χ3n) is 3.41. The number of anilines is 1. The van der Waals surface area contributed by atoms with Gasteiger partial charge in [0.2, 0.25) is 0 Å². The number of aryl methyl sites for hydroxylation is 2. The van der Waals surface area contributed by atoms with Crippen LogP contribution in [0.25, 0.3) is 0 Å². The fraction of sp³-hybridized carbons (Fsp3) is 0.250. The summed E-state index contributed by atoms with van der Waals surface area (Å²) >= 11 is 0. The average Bonchev–Trinajstić information content (AvgIpc) is 3.10. The monoisotopic (exact) mass is 223 g/mol. The summed E-state index contributed by atoms with van der Waals surface area (Å²) in [5, 5.41) is 0. The second-order valence-electron chi connectivity index (χ2n) is 4.92. The van der Waals surface area contributed by atoms with Crippen molar-refractivity contribution in [3.05, 3.63) is 65.2 Å². The molecule has 0 unspecified atom stereocenters. The van der Waals surface area contributed by atoms with E-state index < -0.39 is 0 Å². The Morgan fingerprint density at radius 2 is 1.71 bits per heavy atom. The lowest BCUT2D eigenvalue weighted by atomic mass is 10.1. The highest BCUT2D eigenvalue weighted by molar-refractivity contribution is 5.57. The summed E-state index contributed by atoms with van der Waals surface area (Å²) in [4.78, 5) is 2.44. The van der Waals surface area contributed by atoms with Crippen LogP contribution >= 0.6 is 0 Å². The molecule has 0 bridgehead atoms. The molecule has 1 nitrogen and oxygen atoms in total. The van der Waals surface area contributed by atoms with Crippen molar-refractivity contribution in [3.8, 4) is 0 Å². The molecule has 3 rings (SSSR count). The molecule has 0 N–H and O–H groups in total. The molecular formula is C16H17N. The summed E-state index contributed by atoms with van der Waals surface area (Å²) in [6.07, 6.45) is 0. The van der Waals surface area contributed by atoms with Gasteiger partial charge in [-0.1, -0.05) is 42.0 Å². The van der Waals surface area contributed by atoms with Crippen molar-refractivity contribution in [3.63, 3.8) is 0 Å². The number of hydrogen-bond acceptors (Lipinski definition) is 1. The maximum atomic E-state index is 2.44. The first-order valence-corrected chi connectivity index (χ1v) is 6.14. The number of nitrogens with zero attached hydrogens (tertiary/aromatic N) is 1. The zero-order chi connectivity index (χ0) is 11.8. The zero-order valence-electron chi connectivity index (χ0n) is 10.4. The minimum atomic E-state index is 0.581. The maximum Gasteiger partial charge on any atom is 0.0718 e. The van der Waals surface area contributed by atoms with Crippen molar-refractivity contribution >= 4 is 5.69 Å². The molecule has 1 heterocycles. The molecule has 0 aliphatic carbocycles. The lowest BCUT2D eigenvalue weighted by molar-refractivity contribution is 1.12. The molecule has 1 aliphatic rings. The quantitative estimate of drug-likeness (QED) is 0.698. The highest BCUT2D eigenvalue weighted by Gasteiger charge is 2.35. The van der Waals surface area contributed by atoms with Gasteiger partial charge in [0.1, 0.15) is 0 Å². The van der Waals surface area contributed by atoms with Crippen LogP contribution in [0.5, 0.6) is 0 Å². The molecule has 2 aromatic rings. The number of hydrogen-bond donors (Lipinski definition) is 0. The summed E-state index contributed by atoms with van der Waals surface area (Å²) in [5.74, 6) is 0. The number of benzene rings is 2. The van der Waals surface area contributed by atoms with E-state index >= 15 is 0 Å². The Hall–Kier alpha value is -1.76. The molecule has 1 heteroatoms. The van der Waals surface area contributed by atoms with E-state index in [1.54, 1.807) is 0 Å². The van der Waals surface area contributed by atoms with E-state index in [2.05, 4.69) is 67.3 Å². The predicted octanol–water partition coefficient (Wildman–Crippen LogP) is 3.86. The first kappa shape index (κ1) is 10.4. The molecule has 86 valence electrons. The summed E-state index contributed by atoms with van der Waals surface area (Å²) in [6, 6.07) is 18.2. The van der Waals surface area contributed by atoms with E-state index in [0.29, 0.717) is 6.04 Å². The fourth-order valence-electron chi connectivity index (χ4n) is 2.31. The van der Waals surface area contributed by atoms with Crippen LogP contribution in [0.4, 0.5) is 5.69 Å². The summed E-state index contributed by atoms with van der Waals surface area (Å²) in [6.45, 7) is 5.43. The van der Waals surface area contributed by atoms with E-state index in [1.165, 1.54) is 22.4 Å². The van der Waals surface area contributed by atoms with Gasteiger partial charge in [-0.2, -0.15) is 0 Å². The largest absolute Gasteiger partial charge is 0.360 e. The van der Waals surface area contributed by atoms with Crippen LogP contribution in [-0.4, -0.2) is 6.54 Å². The Kier molecular flexibility index (Phi) is 2.40.